The van der Waals surface area contributed by atoms with Crippen molar-refractivity contribution in [2.75, 3.05) is 5.32 Å². The Bertz CT molecular complexity index is 840. The second-order valence-corrected chi connectivity index (χ2v) is 6.19. The predicted molar refractivity (Wildman–Crippen MR) is 95.7 cm³/mol. The Balaban J connectivity index is 1.84. The standard InChI is InChI=1S/C19H19F4N3O2/c20-16-7-2-1-5-13(16)9-14(24)10-17(27)25-11-12-4-3-6-15(8-12)26-18(28)19(21,22)23/h1-8,14H,9-11,24H2,(H,25,27)(H,26,28)/t14-/m1/s1. The second-order valence-electron chi connectivity index (χ2n) is 6.19. The molecule has 28 heavy (non-hydrogen) atoms. The highest BCUT2D eigenvalue weighted by Gasteiger charge is 2.38. The van der Waals surface area contributed by atoms with E-state index in [2.05, 4.69) is 5.32 Å². The molecule has 150 valence electrons. The lowest BCUT2D eigenvalue weighted by Gasteiger charge is -2.13. The number of anilines is 1. The maximum Gasteiger partial charge on any atom is 0.471 e. The molecular formula is C19H19F4N3O2. The van der Waals surface area contributed by atoms with Gasteiger partial charge in [0.2, 0.25) is 5.91 Å². The molecule has 0 heterocycles. The molecule has 2 aromatic rings. The molecule has 0 fully saturated rings. The normalized spacial score (nSPS) is 12.3. The molecule has 0 spiro atoms. The summed E-state index contributed by atoms with van der Waals surface area (Å²) >= 11 is 0. The van der Waals surface area contributed by atoms with Gasteiger partial charge >= 0.3 is 12.1 Å². The summed E-state index contributed by atoms with van der Waals surface area (Å²) in [4.78, 5) is 23.0. The van der Waals surface area contributed by atoms with E-state index < -0.39 is 23.9 Å². The fraction of sp³-hybridized carbons (Fsp3) is 0.263. The van der Waals surface area contributed by atoms with Crippen LogP contribution < -0.4 is 16.4 Å². The van der Waals surface area contributed by atoms with Gasteiger partial charge in [-0.2, -0.15) is 13.2 Å². The van der Waals surface area contributed by atoms with E-state index in [-0.39, 0.29) is 31.0 Å². The van der Waals surface area contributed by atoms with Crippen LogP contribution in [0.2, 0.25) is 0 Å². The Kier molecular flexibility index (Phi) is 7.11. The van der Waals surface area contributed by atoms with Crippen molar-refractivity contribution in [3.05, 3.63) is 65.5 Å². The van der Waals surface area contributed by atoms with Crippen LogP contribution in [0.1, 0.15) is 17.5 Å². The van der Waals surface area contributed by atoms with Crippen LogP contribution in [0.15, 0.2) is 48.5 Å². The number of carbonyl (C=O) groups excluding carboxylic acids is 2. The van der Waals surface area contributed by atoms with Crippen molar-refractivity contribution in [2.24, 2.45) is 5.73 Å². The zero-order valence-corrected chi connectivity index (χ0v) is 14.7. The molecule has 5 nitrogen and oxygen atoms in total. The van der Waals surface area contributed by atoms with Crippen LogP contribution in [0.3, 0.4) is 0 Å². The van der Waals surface area contributed by atoms with Crippen molar-refractivity contribution in [3.63, 3.8) is 0 Å². The summed E-state index contributed by atoms with van der Waals surface area (Å²) in [6.07, 6.45) is -4.84. The molecule has 2 amide bonds. The molecule has 2 aromatic carbocycles. The second kappa shape index (κ2) is 9.32. The van der Waals surface area contributed by atoms with E-state index in [1.54, 1.807) is 29.6 Å². The van der Waals surface area contributed by atoms with E-state index in [1.165, 1.54) is 24.3 Å². The highest BCUT2D eigenvalue weighted by Crippen LogP contribution is 2.19. The van der Waals surface area contributed by atoms with Gasteiger partial charge in [-0.3, -0.25) is 9.59 Å². The van der Waals surface area contributed by atoms with Gasteiger partial charge in [0.15, 0.2) is 0 Å². The van der Waals surface area contributed by atoms with Crippen molar-refractivity contribution in [2.45, 2.75) is 31.6 Å². The van der Waals surface area contributed by atoms with Crippen LogP contribution in [0.4, 0.5) is 23.2 Å². The first-order valence-electron chi connectivity index (χ1n) is 8.38. The summed E-state index contributed by atoms with van der Waals surface area (Å²) in [5, 5.41) is 4.34. The minimum atomic E-state index is -4.99. The molecule has 0 radical (unpaired) electrons. The molecule has 0 bridgehead atoms. The van der Waals surface area contributed by atoms with Crippen LogP contribution in [0, 0.1) is 5.82 Å². The van der Waals surface area contributed by atoms with E-state index in [0.717, 1.165) is 0 Å². The Morgan fingerprint density at radius 1 is 1.07 bits per heavy atom. The fourth-order valence-corrected chi connectivity index (χ4v) is 2.49. The van der Waals surface area contributed by atoms with Gasteiger partial charge in [0.25, 0.3) is 0 Å². The summed E-state index contributed by atoms with van der Waals surface area (Å²) in [6.45, 7) is 0.0426. The lowest BCUT2D eigenvalue weighted by molar-refractivity contribution is -0.167. The zero-order chi connectivity index (χ0) is 20.7. The maximum absolute atomic E-state index is 13.6. The molecule has 2 rings (SSSR count). The predicted octanol–water partition coefficient (Wildman–Crippen LogP) is 2.90. The highest BCUT2D eigenvalue weighted by atomic mass is 19.4. The molecule has 9 heteroatoms. The summed E-state index contributed by atoms with van der Waals surface area (Å²) in [5.41, 5.74) is 6.76. The monoisotopic (exact) mass is 397 g/mol. The Morgan fingerprint density at radius 2 is 1.79 bits per heavy atom. The summed E-state index contributed by atoms with van der Waals surface area (Å²) in [5.74, 6) is -2.85. The molecule has 0 saturated carbocycles. The molecular weight excluding hydrogens is 378 g/mol. The van der Waals surface area contributed by atoms with Crippen LogP contribution >= 0.6 is 0 Å². The molecule has 0 unspecified atom stereocenters. The average Bonchev–Trinajstić information content (AvgIpc) is 2.61. The third-order valence-corrected chi connectivity index (χ3v) is 3.82. The first-order valence-corrected chi connectivity index (χ1v) is 8.38. The zero-order valence-electron chi connectivity index (χ0n) is 14.7. The summed E-state index contributed by atoms with van der Waals surface area (Å²) in [7, 11) is 0. The van der Waals surface area contributed by atoms with E-state index >= 15 is 0 Å². The first kappa shape index (κ1) is 21.4. The number of alkyl halides is 3. The number of halogens is 4. The van der Waals surface area contributed by atoms with Crippen LogP contribution in [-0.4, -0.2) is 24.0 Å². The van der Waals surface area contributed by atoms with E-state index in [1.807, 2.05) is 0 Å². The quantitative estimate of drug-likeness (QED) is 0.628. The molecule has 0 aliphatic heterocycles. The minimum absolute atomic E-state index is 0.0367. The van der Waals surface area contributed by atoms with Gasteiger partial charge < -0.3 is 16.4 Å². The Labute approximate surface area is 158 Å². The number of rotatable bonds is 7. The topological polar surface area (TPSA) is 84.2 Å². The van der Waals surface area contributed by atoms with E-state index in [4.69, 9.17) is 5.73 Å². The number of carbonyl (C=O) groups is 2. The molecule has 1 atom stereocenters. The Hall–Kier alpha value is -2.94. The lowest BCUT2D eigenvalue weighted by atomic mass is 10.0. The summed E-state index contributed by atoms with van der Waals surface area (Å²) in [6, 6.07) is 11.2. The number of hydrogen-bond acceptors (Lipinski definition) is 3. The van der Waals surface area contributed by atoms with Crippen molar-refractivity contribution in [3.8, 4) is 0 Å². The number of nitrogens with two attached hydrogens (primary N) is 1. The Morgan fingerprint density at radius 3 is 2.46 bits per heavy atom. The van der Waals surface area contributed by atoms with Gasteiger partial charge in [-0.25, -0.2) is 4.39 Å². The molecule has 0 aliphatic carbocycles. The van der Waals surface area contributed by atoms with Crippen molar-refractivity contribution in [1.29, 1.82) is 0 Å². The molecule has 0 aromatic heterocycles. The fourth-order valence-electron chi connectivity index (χ4n) is 2.49. The molecule has 4 N–H and O–H groups in total. The van der Waals surface area contributed by atoms with Gasteiger partial charge in [0.05, 0.1) is 0 Å². The summed E-state index contributed by atoms with van der Waals surface area (Å²) < 4.78 is 50.5. The van der Waals surface area contributed by atoms with Gasteiger partial charge in [-0.1, -0.05) is 30.3 Å². The van der Waals surface area contributed by atoms with Crippen LogP contribution in [0.5, 0.6) is 0 Å². The largest absolute Gasteiger partial charge is 0.471 e. The number of amides is 2. The first-order chi connectivity index (χ1) is 13.1. The van der Waals surface area contributed by atoms with Crippen LogP contribution in [0.25, 0.3) is 0 Å². The minimum Gasteiger partial charge on any atom is -0.352 e. The van der Waals surface area contributed by atoms with Crippen LogP contribution in [-0.2, 0) is 22.6 Å². The van der Waals surface area contributed by atoms with Crippen molar-refractivity contribution < 1.29 is 27.2 Å². The van der Waals surface area contributed by atoms with E-state index in [0.29, 0.717) is 11.1 Å². The number of nitrogens with one attached hydrogen (secondary N) is 2. The highest BCUT2D eigenvalue weighted by molar-refractivity contribution is 5.94. The van der Waals surface area contributed by atoms with Crippen molar-refractivity contribution in [1.82, 2.24) is 5.32 Å². The third kappa shape index (κ3) is 6.66. The van der Waals surface area contributed by atoms with E-state index in [9.17, 15) is 27.2 Å². The third-order valence-electron chi connectivity index (χ3n) is 3.82. The SMILES string of the molecule is N[C@@H](CC(=O)NCc1cccc(NC(=O)C(F)(F)F)c1)Cc1ccccc1F. The average molecular weight is 397 g/mol. The maximum atomic E-state index is 13.6. The van der Waals surface area contributed by atoms with Gasteiger partial charge in [0.1, 0.15) is 5.82 Å². The van der Waals surface area contributed by atoms with Gasteiger partial charge in [-0.05, 0) is 35.7 Å². The smallest absolute Gasteiger partial charge is 0.352 e. The number of hydrogen-bond donors (Lipinski definition) is 3. The van der Waals surface area contributed by atoms with Crippen molar-refractivity contribution >= 4 is 17.5 Å². The van der Waals surface area contributed by atoms with Gasteiger partial charge in [-0.15, -0.1) is 0 Å². The lowest BCUT2D eigenvalue weighted by Crippen LogP contribution is -2.33. The van der Waals surface area contributed by atoms with Gasteiger partial charge in [0, 0.05) is 24.7 Å². The molecule has 0 saturated heterocycles. The number of benzene rings is 2. The molecule has 0 aliphatic rings.